The molecule has 104 valence electrons. The zero-order valence-electron chi connectivity index (χ0n) is 11.2. The van der Waals surface area contributed by atoms with Crippen LogP contribution in [-0.2, 0) is 0 Å². The Bertz CT molecular complexity index is 665. The summed E-state index contributed by atoms with van der Waals surface area (Å²) in [5.74, 6) is 0. The lowest BCUT2D eigenvalue weighted by molar-refractivity contribution is -0.383. The molecule has 1 aliphatic rings. The molecule has 20 heavy (non-hydrogen) atoms. The molecule has 1 unspecified atom stereocenters. The van der Waals surface area contributed by atoms with Crippen LogP contribution >= 0.6 is 0 Å². The first-order valence-electron chi connectivity index (χ1n) is 6.59. The lowest BCUT2D eigenvalue weighted by atomic mass is 10.00. The number of aromatic nitrogens is 1. The van der Waals surface area contributed by atoms with Gasteiger partial charge < -0.3 is 10.6 Å². The topological polar surface area (TPSA) is 80.1 Å². The fraction of sp³-hybridized carbons (Fsp3) is 0.357. The Balaban J connectivity index is 2.08. The van der Waals surface area contributed by atoms with E-state index in [1.165, 1.54) is 0 Å². The van der Waals surface area contributed by atoms with Gasteiger partial charge in [-0.15, -0.1) is 0 Å². The summed E-state index contributed by atoms with van der Waals surface area (Å²) in [4.78, 5) is 14.8. The van der Waals surface area contributed by atoms with Crippen molar-refractivity contribution >= 4 is 22.1 Å². The number of fused-ring (bicyclic) bond motifs is 1. The highest BCUT2D eigenvalue weighted by Crippen LogP contribution is 2.33. The minimum absolute atomic E-state index is 0.0289. The molecule has 2 N–H and O–H groups in total. The molecule has 1 fully saturated rings. The lowest BCUT2D eigenvalue weighted by Gasteiger charge is -2.26. The molecule has 0 aliphatic carbocycles. The Morgan fingerprint density at radius 2 is 2.25 bits per heavy atom. The number of rotatable bonds is 3. The van der Waals surface area contributed by atoms with Gasteiger partial charge in [0.2, 0.25) is 0 Å². The van der Waals surface area contributed by atoms with Gasteiger partial charge in [0.05, 0.1) is 10.3 Å². The van der Waals surface area contributed by atoms with Crippen molar-refractivity contribution < 1.29 is 4.92 Å². The van der Waals surface area contributed by atoms with Crippen LogP contribution in [0.4, 0.5) is 11.4 Å². The fourth-order valence-corrected chi connectivity index (χ4v) is 2.69. The van der Waals surface area contributed by atoms with E-state index in [2.05, 4.69) is 22.5 Å². The third-order valence-electron chi connectivity index (χ3n) is 3.80. The van der Waals surface area contributed by atoms with Gasteiger partial charge in [-0.3, -0.25) is 15.1 Å². The first kappa shape index (κ1) is 12.8. The second-order valence-electron chi connectivity index (χ2n) is 5.42. The summed E-state index contributed by atoms with van der Waals surface area (Å²) >= 11 is 0. The number of anilines is 1. The maximum absolute atomic E-state index is 11.1. The normalized spacial score (nSPS) is 22.1. The van der Waals surface area contributed by atoms with Gasteiger partial charge in [-0.1, -0.05) is 0 Å². The average molecular weight is 272 g/mol. The average Bonchev–Trinajstić information content (AvgIpc) is 2.85. The van der Waals surface area contributed by atoms with Crippen LogP contribution in [-0.4, -0.2) is 28.5 Å². The summed E-state index contributed by atoms with van der Waals surface area (Å²) in [6, 6.07) is 5.01. The van der Waals surface area contributed by atoms with E-state index in [4.69, 9.17) is 0 Å². The molecule has 3 rings (SSSR count). The molecule has 1 aromatic heterocycles. The van der Waals surface area contributed by atoms with Crippen molar-refractivity contribution in [2.75, 3.05) is 18.4 Å². The van der Waals surface area contributed by atoms with Crippen molar-refractivity contribution in [1.29, 1.82) is 0 Å². The number of nitro groups is 1. The highest BCUT2D eigenvalue weighted by atomic mass is 16.6. The van der Waals surface area contributed by atoms with Crippen LogP contribution in [0.25, 0.3) is 10.8 Å². The molecule has 2 heterocycles. The van der Waals surface area contributed by atoms with E-state index in [-0.39, 0.29) is 16.1 Å². The van der Waals surface area contributed by atoms with Crippen LogP contribution in [0.2, 0.25) is 0 Å². The van der Waals surface area contributed by atoms with E-state index in [0.717, 1.165) is 30.6 Å². The van der Waals surface area contributed by atoms with Gasteiger partial charge in [-0.2, -0.15) is 0 Å². The van der Waals surface area contributed by atoms with Crippen LogP contribution in [0.15, 0.2) is 30.6 Å². The molecular formula is C14H16N4O2. The number of nitrogens with one attached hydrogen (secondary N) is 2. The van der Waals surface area contributed by atoms with E-state index < -0.39 is 0 Å². The van der Waals surface area contributed by atoms with Gasteiger partial charge in [0.1, 0.15) is 0 Å². The van der Waals surface area contributed by atoms with Crippen molar-refractivity contribution in [3.63, 3.8) is 0 Å². The molecule has 1 saturated heterocycles. The molecule has 2 aromatic rings. The molecule has 6 heteroatoms. The summed E-state index contributed by atoms with van der Waals surface area (Å²) in [6.45, 7) is 4.01. The van der Waals surface area contributed by atoms with Gasteiger partial charge in [-0.25, -0.2) is 0 Å². The van der Waals surface area contributed by atoms with Gasteiger partial charge in [0.25, 0.3) is 5.69 Å². The van der Waals surface area contributed by atoms with E-state index in [9.17, 15) is 10.1 Å². The van der Waals surface area contributed by atoms with Crippen LogP contribution < -0.4 is 10.6 Å². The zero-order chi connectivity index (χ0) is 14.2. The predicted molar refractivity (Wildman–Crippen MR) is 77.9 cm³/mol. The van der Waals surface area contributed by atoms with E-state index in [0.29, 0.717) is 5.39 Å². The monoisotopic (exact) mass is 272 g/mol. The highest BCUT2D eigenvalue weighted by Gasteiger charge is 2.29. The molecule has 1 aromatic carbocycles. The molecule has 0 amide bonds. The number of non-ortho nitro benzene ring substituents is 1. The maximum Gasteiger partial charge on any atom is 0.277 e. The van der Waals surface area contributed by atoms with Crippen molar-refractivity contribution in [1.82, 2.24) is 10.3 Å². The Hall–Kier alpha value is -2.21. The third-order valence-corrected chi connectivity index (χ3v) is 3.80. The summed E-state index contributed by atoms with van der Waals surface area (Å²) in [5, 5.41) is 19.3. The summed E-state index contributed by atoms with van der Waals surface area (Å²) in [5.41, 5.74) is 0.978. The second-order valence-corrected chi connectivity index (χ2v) is 5.42. The zero-order valence-corrected chi connectivity index (χ0v) is 11.2. The quantitative estimate of drug-likeness (QED) is 0.662. The summed E-state index contributed by atoms with van der Waals surface area (Å²) in [6.07, 6.45) is 4.28. The number of hydrogen-bond acceptors (Lipinski definition) is 5. The minimum atomic E-state index is -0.356. The molecule has 1 atom stereocenters. The molecule has 1 aliphatic heterocycles. The second kappa shape index (κ2) is 4.72. The van der Waals surface area contributed by atoms with Gasteiger partial charge >= 0.3 is 0 Å². The summed E-state index contributed by atoms with van der Waals surface area (Å²) < 4.78 is 0. The van der Waals surface area contributed by atoms with Crippen molar-refractivity contribution in [2.45, 2.75) is 18.9 Å². The number of nitro benzene ring substituents is 1. The fourth-order valence-electron chi connectivity index (χ4n) is 2.69. The number of pyridine rings is 1. The smallest absolute Gasteiger partial charge is 0.277 e. The number of benzene rings is 1. The Morgan fingerprint density at radius 3 is 2.95 bits per heavy atom. The molecule has 0 spiro atoms. The van der Waals surface area contributed by atoms with Crippen LogP contribution in [0.5, 0.6) is 0 Å². The first-order valence-corrected chi connectivity index (χ1v) is 6.59. The van der Waals surface area contributed by atoms with Gasteiger partial charge in [0.15, 0.2) is 0 Å². The highest BCUT2D eigenvalue weighted by molar-refractivity contribution is 5.99. The molecule has 0 radical (unpaired) electrons. The third kappa shape index (κ3) is 2.18. The van der Waals surface area contributed by atoms with Crippen molar-refractivity contribution in [3.05, 3.63) is 40.7 Å². The van der Waals surface area contributed by atoms with Crippen LogP contribution in [0.1, 0.15) is 13.3 Å². The number of nitrogens with zero attached hydrogens (tertiary/aromatic N) is 2. The Morgan fingerprint density at radius 1 is 1.40 bits per heavy atom. The van der Waals surface area contributed by atoms with Gasteiger partial charge in [0, 0.05) is 41.6 Å². The van der Waals surface area contributed by atoms with Crippen molar-refractivity contribution in [3.8, 4) is 0 Å². The molecular weight excluding hydrogens is 256 g/mol. The molecule has 6 nitrogen and oxygen atoms in total. The Kier molecular flexibility index (Phi) is 3.02. The molecule has 0 bridgehead atoms. The standard InChI is InChI=1S/C14H16N4O2/c1-14(5-7-16-9-14)17-12-2-3-13(18(19)20)10-4-6-15-8-11(10)12/h2-4,6,8,16-17H,5,7,9H2,1H3. The minimum Gasteiger partial charge on any atom is -0.378 e. The van der Waals surface area contributed by atoms with E-state index in [1.54, 1.807) is 30.6 Å². The Labute approximate surface area is 116 Å². The van der Waals surface area contributed by atoms with Crippen LogP contribution in [0.3, 0.4) is 0 Å². The lowest BCUT2D eigenvalue weighted by Crippen LogP contribution is -2.36. The predicted octanol–water partition coefficient (Wildman–Crippen LogP) is 2.31. The summed E-state index contributed by atoms with van der Waals surface area (Å²) in [7, 11) is 0. The van der Waals surface area contributed by atoms with E-state index in [1.807, 2.05) is 0 Å². The maximum atomic E-state index is 11.1. The van der Waals surface area contributed by atoms with E-state index >= 15 is 0 Å². The first-order chi connectivity index (χ1) is 9.59. The largest absolute Gasteiger partial charge is 0.378 e. The number of hydrogen-bond donors (Lipinski definition) is 2. The van der Waals surface area contributed by atoms with Gasteiger partial charge in [-0.05, 0) is 32.0 Å². The van der Waals surface area contributed by atoms with Crippen molar-refractivity contribution in [2.24, 2.45) is 0 Å². The molecule has 0 saturated carbocycles. The van der Waals surface area contributed by atoms with Crippen LogP contribution in [0, 0.1) is 10.1 Å². The SMILES string of the molecule is CC1(Nc2ccc([N+](=O)[O-])c3ccncc23)CCNC1.